The Kier molecular flexibility index (Phi) is 9.64. The fourth-order valence-electron chi connectivity index (χ4n) is 4.26. The number of aliphatic hydroxyl groups excluding tert-OH is 1. The van der Waals surface area contributed by atoms with Crippen molar-refractivity contribution < 1.29 is 38.7 Å². The fourth-order valence-corrected chi connectivity index (χ4v) is 5.48. The first-order chi connectivity index (χ1) is 18.5. The summed E-state index contributed by atoms with van der Waals surface area (Å²) in [4.78, 5) is 17.7. The molecule has 1 fully saturated rings. The molecule has 2 heterocycles. The van der Waals surface area contributed by atoms with Gasteiger partial charge < -0.3 is 33.9 Å². The van der Waals surface area contributed by atoms with Crippen LogP contribution >= 0.6 is 11.8 Å². The molecule has 11 heteroatoms. The van der Waals surface area contributed by atoms with Gasteiger partial charge in [0.25, 0.3) is 0 Å². The molecular formula is C27H32N2O8S. The van der Waals surface area contributed by atoms with Gasteiger partial charge in [0.2, 0.25) is 0 Å². The molecule has 204 valence electrons. The van der Waals surface area contributed by atoms with Crippen LogP contribution in [-0.2, 0) is 27.4 Å². The second-order valence-corrected chi connectivity index (χ2v) is 9.74. The minimum Gasteiger partial charge on any atom is -0.497 e. The lowest BCUT2D eigenvalue weighted by Gasteiger charge is -2.42. The first-order valence-electron chi connectivity index (χ1n) is 12.1. The van der Waals surface area contributed by atoms with Crippen LogP contribution in [0.1, 0.15) is 11.1 Å². The number of ether oxygens (including phenoxy) is 5. The lowest BCUT2D eigenvalue weighted by molar-refractivity contribution is -0.205. The van der Waals surface area contributed by atoms with Gasteiger partial charge in [-0.05, 0) is 35.4 Å². The molecule has 38 heavy (non-hydrogen) atoms. The number of methoxy groups -OCH3 is 2. The van der Waals surface area contributed by atoms with Gasteiger partial charge in [0.05, 0.1) is 34.0 Å². The third-order valence-corrected chi connectivity index (χ3v) is 7.41. The molecule has 0 aliphatic carbocycles. The van der Waals surface area contributed by atoms with Crippen LogP contribution in [0, 0.1) is 0 Å². The van der Waals surface area contributed by atoms with Crippen LogP contribution < -0.4 is 9.47 Å². The molecule has 0 unspecified atom stereocenters. The van der Waals surface area contributed by atoms with E-state index in [0.29, 0.717) is 0 Å². The van der Waals surface area contributed by atoms with Crippen molar-refractivity contribution in [1.29, 1.82) is 0 Å². The molecular weight excluding hydrogens is 512 g/mol. The highest BCUT2D eigenvalue weighted by Crippen LogP contribution is 2.40. The number of rotatable bonds is 11. The summed E-state index contributed by atoms with van der Waals surface area (Å²) in [5.74, 6) is 1.47. The zero-order valence-electron chi connectivity index (χ0n) is 21.3. The second-order valence-electron chi connectivity index (χ2n) is 8.67. The highest BCUT2D eigenvalue weighted by atomic mass is 32.2. The monoisotopic (exact) mass is 544 g/mol. The van der Waals surface area contributed by atoms with Crippen LogP contribution in [0.3, 0.4) is 0 Å². The predicted molar refractivity (Wildman–Crippen MR) is 143 cm³/mol. The summed E-state index contributed by atoms with van der Waals surface area (Å²) >= 11 is 1.19. The van der Waals surface area contributed by atoms with Crippen molar-refractivity contribution in [3.63, 3.8) is 0 Å². The Balaban J connectivity index is 1.59. The molecule has 10 nitrogen and oxygen atoms in total. The Bertz CT molecular complexity index is 1110. The van der Waals surface area contributed by atoms with Gasteiger partial charge >= 0.3 is 6.09 Å². The molecule has 2 aromatic carbocycles. The van der Waals surface area contributed by atoms with Gasteiger partial charge in [-0.25, -0.2) is 4.79 Å². The van der Waals surface area contributed by atoms with E-state index >= 15 is 0 Å². The molecule has 1 amide bonds. The van der Waals surface area contributed by atoms with E-state index in [-0.39, 0.29) is 31.5 Å². The summed E-state index contributed by atoms with van der Waals surface area (Å²) in [5.41, 5.74) is 1.28. The Morgan fingerprint density at radius 1 is 1.03 bits per heavy atom. The van der Waals surface area contributed by atoms with Crippen molar-refractivity contribution in [3.05, 3.63) is 72.3 Å². The number of hydrogen-bond acceptors (Lipinski definition) is 9. The maximum Gasteiger partial charge on any atom is 0.413 e. The van der Waals surface area contributed by atoms with Crippen LogP contribution in [0.25, 0.3) is 0 Å². The summed E-state index contributed by atoms with van der Waals surface area (Å²) in [6, 6.07) is 14.4. The Morgan fingerprint density at radius 3 is 2.05 bits per heavy atom. The lowest BCUT2D eigenvalue weighted by Crippen LogP contribution is -2.57. The number of aliphatic imine (C=N–C) groups is 1. The largest absolute Gasteiger partial charge is 0.497 e. The normalized spacial score (nSPS) is 24.3. The molecule has 2 aromatic rings. The van der Waals surface area contributed by atoms with E-state index in [1.54, 1.807) is 14.2 Å². The third kappa shape index (κ3) is 6.48. The minimum atomic E-state index is -1.14. The molecule has 2 N–H and O–H groups in total. The summed E-state index contributed by atoms with van der Waals surface area (Å²) < 4.78 is 29.3. The minimum absolute atomic E-state index is 0.0821. The smallest absolute Gasteiger partial charge is 0.413 e. The number of benzene rings is 2. The molecule has 2 aliphatic heterocycles. The van der Waals surface area contributed by atoms with E-state index in [9.17, 15) is 15.0 Å². The molecule has 0 saturated carbocycles. The number of hydrogen-bond donors (Lipinski definition) is 2. The summed E-state index contributed by atoms with van der Waals surface area (Å²) in [5, 5.41) is 20.2. The molecule has 5 atom stereocenters. The van der Waals surface area contributed by atoms with Gasteiger partial charge in [-0.15, -0.1) is 6.58 Å². The number of amidine groups is 1. The molecule has 1 saturated heterocycles. The van der Waals surface area contributed by atoms with Crippen LogP contribution in [0.2, 0.25) is 0 Å². The Labute approximate surface area is 225 Å². The summed E-state index contributed by atoms with van der Waals surface area (Å²) in [6.45, 7) is 3.92. The van der Waals surface area contributed by atoms with Crippen molar-refractivity contribution in [2.45, 2.75) is 43.0 Å². The van der Waals surface area contributed by atoms with E-state index in [1.807, 2.05) is 48.5 Å². The topological polar surface area (TPSA) is 119 Å². The molecule has 0 bridgehead atoms. The Hall–Kier alpha value is -3.09. The van der Waals surface area contributed by atoms with E-state index in [4.69, 9.17) is 28.7 Å². The second kappa shape index (κ2) is 13.1. The molecule has 2 aliphatic rings. The highest BCUT2D eigenvalue weighted by Gasteiger charge is 2.51. The Morgan fingerprint density at radius 2 is 1.58 bits per heavy atom. The molecule has 4 rings (SSSR count). The van der Waals surface area contributed by atoms with Crippen molar-refractivity contribution in [3.8, 4) is 11.5 Å². The average molecular weight is 545 g/mol. The number of nitrogens with zero attached hydrogens (tertiary/aromatic N) is 2. The number of amides is 1. The number of carboxylic acid groups (broad SMARTS) is 1. The number of carbonyl (C=O) groups is 1. The fraction of sp³-hybridized carbons (Fsp3) is 0.407. The molecule has 0 spiro atoms. The van der Waals surface area contributed by atoms with Gasteiger partial charge in [0.15, 0.2) is 5.17 Å². The maximum atomic E-state index is 11.8. The first-order valence-corrected chi connectivity index (χ1v) is 13.0. The van der Waals surface area contributed by atoms with Gasteiger partial charge in [0, 0.05) is 6.54 Å². The van der Waals surface area contributed by atoms with E-state index < -0.39 is 35.9 Å². The van der Waals surface area contributed by atoms with Crippen LogP contribution in [-0.4, -0.2) is 83.5 Å². The number of fused-ring (bicyclic) bond motifs is 1. The van der Waals surface area contributed by atoms with Crippen LogP contribution in [0.4, 0.5) is 4.79 Å². The maximum absolute atomic E-state index is 11.8. The highest BCUT2D eigenvalue weighted by molar-refractivity contribution is 8.14. The van der Waals surface area contributed by atoms with E-state index in [0.717, 1.165) is 27.5 Å². The van der Waals surface area contributed by atoms with Gasteiger partial charge in [-0.3, -0.25) is 9.89 Å². The van der Waals surface area contributed by atoms with Crippen molar-refractivity contribution in [2.75, 3.05) is 27.4 Å². The van der Waals surface area contributed by atoms with Gasteiger partial charge in [-0.2, -0.15) is 0 Å². The van der Waals surface area contributed by atoms with Crippen molar-refractivity contribution in [2.24, 2.45) is 4.99 Å². The van der Waals surface area contributed by atoms with Crippen molar-refractivity contribution >= 4 is 23.0 Å². The number of thioether (sulfide) groups is 1. The van der Waals surface area contributed by atoms with E-state index in [2.05, 4.69) is 6.58 Å². The SMILES string of the molecule is C=CCN(C(=O)O)C1=N[C@@H]2[C@@H](OCc3ccc(OC)cc3)[C@H](OCc3ccc(OC)cc3)[C@@H](CO)O[C@@H]2S1. The average Bonchev–Trinajstić information content (AvgIpc) is 3.37. The van der Waals surface area contributed by atoms with Gasteiger partial charge in [-0.1, -0.05) is 42.1 Å². The standard InChI is InChI=1S/C27H32N2O8S/c1-4-13-29(27(31)32)26-28-22-24(36-16-18-7-11-20(34-3)12-8-18)23(21(14-30)37-25(22)38-26)35-15-17-5-9-19(33-2)10-6-17/h4-12,21-25,30H,1,13-16H2,2-3H3,(H,31,32)/t21-,22-,23-,24-,25-/m1/s1. The van der Waals surface area contributed by atoms with Crippen LogP contribution in [0.5, 0.6) is 11.5 Å². The zero-order valence-corrected chi connectivity index (χ0v) is 22.1. The van der Waals surface area contributed by atoms with Gasteiger partial charge in [0.1, 0.15) is 41.3 Å². The van der Waals surface area contributed by atoms with Crippen molar-refractivity contribution in [1.82, 2.24) is 4.90 Å². The number of aliphatic hydroxyl groups is 1. The third-order valence-electron chi connectivity index (χ3n) is 6.25. The zero-order chi connectivity index (χ0) is 27.1. The first kappa shape index (κ1) is 27.9. The molecule has 0 aromatic heterocycles. The quantitative estimate of drug-likeness (QED) is 0.410. The summed E-state index contributed by atoms with van der Waals surface area (Å²) in [7, 11) is 3.21. The van der Waals surface area contributed by atoms with Crippen LogP contribution in [0.15, 0.2) is 66.2 Å². The van der Waals surface area contributed by atoms with E-state index in [1.165, 1.54) is 17.8 Å². The molecule has 0 radical (unpaired) electrons. The lowest BCUT2D eigenvalue weighted by atomic mass is 9.97. The summed E-state index contributed by atoms with van der Waals surface area (Å²) in [6.07, 6.45) is -1.63. The predicted octanol–water partition coefficient (Wildman–Crippen LogP) is 3.53.